The molecule has 1 amide bonds. The van der Waals surface area contributed by atoms with E-state index < -0.39 is 5.91 Å². The number of hydrogen-bond donors (Lipinski definition) is 3. The van der Waals surface area contributed by atoms with Crippen LogP contribution in [0.4, 0.5) is 5.69 Å². The summed E-state index contributed by atoms with van der Waals surface area (Å²) in [6.45, 7) is -0.0380. The zero-order chi connectivity index (χ0) is 9.84. The van der Waals surface area contributed by atoms with Crippen molar-refractivity contribution in [1.82, 2.24) is 10.2 Å². The number of carbonyl (C=O) groups is 1. The first-order valence-corrected chi connectivity index (χ1v) is 4.16. The first kappa shape index (κ1) is 9.72. The highest BCUT2D eigenvalue weighted by molar-refractivity contribution is 9.10. The minimum atomic E-state index is -0.507. The highest BCUT2D eigenvalue weighted by Gasteiger charge is 2.03. The molecule has 1 heterocycles. The summed E-state index contributed by atoms with van der Waals surface area (Å²) in [5.74, 6) is -0.507. The molecule has 0 aliphatic heterocycles. The van der Waals surface area contributed by atoms with Crippen LogP contribution >= 0.6 is 15.9 Å². The molecular weight excluding hydrogens is 240 g/mol. The number of halogens is 1. The summed E-state index contributed by atoms with van der Waals surface area (Å²) in [6.07, 6.45) is 1.38. The van der Waals surface area contributed by atoms with Crippen molar-refractivity contribution in [2.24, 2.45) is 5.73 Å². The maximum Gasteiger partial charge on any atom is 0.280 e. The van der Waals surface area contributed by atoms with Crippen LogP contribution in [0.1, 0.15) is 0 Å². The molecule has 0 atom stereocenters. The third-order valence-electron chi connectivity index (χ3n) is 1.25. The summed E-state index contributed by atoms with van der Waals surface area (Å²) in [5, 5.41) is 8.41. The number of aromatic nitrogens is 2. The van der Waals surface area contributed by atoms with Crippen molar-refractivity contribution >= 4 is 27.5 Å². The molecule has 0 fully saturated rings. The van der Waals surface area contributed by atoms with Gasteiger partial charge in [-0.2, -0.15) is 5.10 Å². The second-order valence-electron chi connectivity index (χ2n) is 2.25. The number of carbonyl (C=O) groups excluding carboxylic acids is 1. The van der Waals surface area contributed by atoms with Gasteiger partial charge in [0.1, 0.15) is 4.47 Å². The maximum absolute atomic E-state index is 11.0. The van der Waals surface area contributed by atoms with Crippen molar-refractivity contribution in [3.8, 4) is 0 Å². The predicted octanol–water partition coefficient (Wildman–Crippen LogP) is -0.570. The van der Waals surface area contributed by atoms with E-state index in [9.17, 15) is 9.59 Å². The lowest BCUT2D eigenvalue weighted by Crippen LogP contribution is -2.23. The van der Waals surface area contributed by atoms with Gasteiger partial charge in [0.05, 0.1) is 18.4 Å². The minimum Gasteiger partial charge on any atom is -0.374 e. The fraction of sp³-hybridized carbons (Fsp3) is 0.167. The quantitative estimate of drug-likeness (QED) is 0.665. The molecule has 0 aliphatic rings. The third-order valence-corrected chi connectivity index (χ3v) is 2.04. The standard InChI is InChI=1S/C6H7BrN4O2/c7-5-3(9-2-4(8)12)1-10-11-6(5)13/h1H,2H2,(H2,8,12)(H2,9,11,13). The number of rotatable bonds is 3. The molecule has 0 radical (unpaired) electrons. The van der Waals surface area contributed by atoms with E-state index in [1.165, 1.54) is 6.20 Å². The van der Waals surface area contributed by atoms with Crippen LogP contribution in [0, 0.1) is 0 Å². The van der Waals surface area contributed by atoms with E-state index in [0.29, 0.717) is 10.2 Å². The molecule has 7 heteroatoms. The topological polar surface area (TPSA) is 101 Å². The number of nitrogens with two attached hydrogens (primary N) is 1. The SMILES string of the molecule is NC(=O)CNc1cn[nH]c(=O)c1Br. The number of amides is 1. The van der Waals surface area contributed by atoms with Gasteiger partial charge in [-0.05, 0) is 15.9 Å². The lowest BCUT2D eigenvalue weighted by atomic mass is 10.4. The van der Waals surface area contributed by atoms with Crippen LogP contribution in [-0.4, -0.2) is 22.6 Å². The summed E-state index contributed by atoms with van der Waals surface area (Å²) < 4.78 is 0.295. The smallest absolute Gasteiger partial charge is 0.280 e. The largest absolute Gasteiger partial charge is 0.374 e. The molecule has 0 saturated heterocycles. The Bertz CT molecular complexity index is 375. The monoisotopic (exact) mass is 246 g/mol. The van der Waals surface area contributed by atoms with Crippen LogP contribution in [0.15, 0.2) is 15.5 Å². The summed E-state index contributed by atoms with van der Waals surface area (Å²) in [7, 11) is 0. The first-order chi connectivity index (χ1) is 6.11. The molecule has 0 spiro atoms. The van der Waals surface area contributed by atoms with Crippen LogP contribution in [0.5, 0.6) is 0 Å². The Labute approximate surface area is 81.6 Å². The number of nitrogens with zero attached hydrogens (tertiary/aromatic N) is 1. The molecule has 13 heavy (non-hydrogen) atoms. The summed E-state index contributed by atoms with van der Waals surface area (Å²) in [4.78, 5) is 21.4. The van der Waals surface area contributed by atoms with Gasteiger partial charge in [-0.3, -0.25) is 9.59 Å². The normalized spacial score (nSPS) is 9.62. The fourth-order valence-electron chi connectivity index (χ4n) is 0.689. The van der Waals surface area contributed by atoms with Crippen molar-refractivity contribution in [2.75, 3.05) is 11.9 Å². The Morgan fingerprint density at radius 2 is 2.46 bits per heavy atom. The fourth-order valence-corrected chi connectivity index (χ4v) is 1.02. The molecule has 0 aromatic carbocycles. The average molecular weight is 247 g/mol. The highest BCUT2D eigenvalue weighted by atomic mass is 79.9. The van der Waals surface area contributed by atoms with Crippen LogP contribution in [-0.2, 0) is 4.79 Å². The Hall–Kier alpha value is -1.37. The Morgan fingerprint density at radius 3 is 3.08 bits per heavy atom. The summed E-state index contributed by atoms with van der Waals surface area (Å²) in [5.41, 5.74) is 4.97. The van der Waals surface area contributed by atoms with Gasteiger partial charge in [0.25, 0.3) is 5.56 Å². The van der Waals surface area contributed by atoms with Crippen molar-refractivity contribution in [3.63, 3.8) is 0 Å². The number of hydrogen-bond acceptors (Lipinski definition) is 4. The molecular formula is C6H7BrN4O2. The molecule has 0 saturated carbocycles. The van der Waals surface area contributed by atoms with Crippen molar-refractivity contribution in [1.29, 1.82) is 0 Å². The van der Waals surface area contributed by atoms with Gasteiger partial charge < -0.3 is 11.1 Å². The van der Waals surface area contributed by atoms with Crippen LogP contribution < -0.4 is 16.6 Å². The molecule has 4 N–H and O–H groups in total. The van der Waals surface area contributed by atoms with E-state index in [4.69, 9.17) is 5.73 Å². The van der Waals surface area contributed by atoms with E-state index in [1.54, 1.807) is 0 Å². The Kier molecular flexibility index (Phi) is 3.02. The summed E-state index contributed by atoms with van der Waals surface area (Å²) >= 11 is 3.03. The lowest BCUT2D eigenvalue weighted by Gasteiger charge is -2.03. The lowest BCUT2D eigenvalue weighted by molar-refractivity contribution is -0.116. The second-order valence-corrected chi connectivity index (χ2v) is 3.04. The summed E-state index contributed by atoms with van der Waals surface area (Å²) in [6, 6.07) is 0. The molecule has 1 aromatic rings. The van der Waals surface area contributed by atoms with Gasteiger partial charge >= 0.3 is 0 Å². The van der Waals surface area contributed by atoms with Crippen LogP contribution in [0.25, 0.3) is 0 Å². The Morgan fingerprint density at radius 1 is 1.77 bits per heavy atom. The molecule has 0 bridgehead atoms. The number of primary amides is 1. The van der Waals surface area contributed by atoms with E-state index in [2.05, 4.69) is 31.4 Å². The zero-order valence-electron chi connectivity index (χ0n) is 6.50. The Balaban J connectivity index is 2.83. The molecule has 6 nitrogen and oxygen atoms in total. The molecule has 1 rings (SSSR count). The minimum absolute atomic E-state index is 0.0380. The molecule has 70 valence electrons. The van der Waals surface area contributed by atoms with Crippen LogP contribution in [0.3, 0.4) is 0 Å². The van der Waals surface area contributed by atoms with Crippen molar-refractivity contribution < 1.29 is 4.79 Å². The van der Waals surface area contributed by atoms with Crippen molar-refractivity contribution in [3.05, 3.63) is 21.0 Å². The molecule has 0 aliphatic carbocycles. The van der Waals surface area contributed by atoms with E-state index >= 15 is 0 Å². The van der Waals surface area contributed by atoms with E-state index in [0.717, 1.165) is 0 Å². The number of H-pyrrole nitrogens is 1. The maximum atomic E-state index is 11.0. The average Bonchev–Trinajstić information content (AvgIpc) is 2.07. The number of aromatic amines is 1. The van der Waals surface area contributed by atoms with E-state index in [1.807, 2.05) is 0 Å². The zero-order valence-corrected chi connectivity index (χ0v) is 8.09. The van der Waals surface area contributed by atoms with Gasteiger partial charge in [-0.1, -0.05) is 0 Å². The van der Waals surface area contributed by atoms with Gasteiger partial charge in [0.15, 0.2) is 0 Å². The van der Waals surface area contributed by atoms with Gasteiger partial charge in [-0.15, -0.1) is 0 Å². The predicted molar refractivity (Wildman–Crippen MR) is 50.2 cm³/mol. The van der Waals surface area contributed by atoms with E-state index in [-0.39, 0.29) is 12.1 Å². The number of anilines is 1. The van der Waals surface area contributed by atoms with Gasteiger partial charge in [-0.25, -0.2) is 5.10 Å². The van der Waals surface area contributed by atoms with Crippen molar-refractivity contribution in [2.45, 2.75) is 0 Å². The van der Waals surface area contributed by atoms with Crippen LogP contribution in [0.2, 0.25) is 0 Å². The van der Waals surface area contributed by atoms with Gasteiger partial charge in [0.2, 0.25) is 5.91 Å². The van der Waals surface area contributed by atoms with Gasteiger partial charge in [0, 0.05) is 0 Å². The first-order valence-electron chi connectivity index (χ1n) is 3.36. The third kappa shape index (κ3) is 2.55. The molecule has 0 unspecified atom stereocenters. The number of nitrogens with one attached hydrogen (secondary N) is 2. The second kappa shape index (κ2) is 4.04. The molecule has 1 aromatic heterocycles. The highest BCUT2D eigenvalue weighted by Crippen LogP contribution is 2.14.